The lowest BCUT2D eigenvalue weighted by molar-refractivity contribution is -0.140. The maximum absolute atomic E-state index is 12.9. The molecule has 0 bridgehead atoms. The molecule has 1 aliphatic rings. The summed E-state index contributed by atoms with van der Waals surface area (Å²) in [5.41, 5.74) is -2.51. The van der Waals surface area contributed by atoms with Crippen LogP contribution in [0.1, 0.15) is 11.5 Å². The van der Waals surface area contributed by atoms with Crippen molar-refractivity contribution in [1.29, 1.82) is 0 Å². The molecule has 3 aromatic rings. The molecule has 0 aliphatic carbocycles. The first kappa shape index (κ1) is 21.2. The largest absolute Gasteiger partial charge is 0.421 e. The van der Waals surface area contributed by atoms with Gasteiger partial charge >= 0.3 is 6.18 Å². The molecule has 164 valence electrons. The van der Waals surface area contributed by atoms with Crippen LogP contribution < -0.4 is 5.56 Å². The molecule has 1 aliphatic heterocycles. The van der Waals surface area contributed by atoms with E-state index in [1.807, 2.05) is 22.4 Å². The topological polar surface area (TPSA) is 84.5 Å². The number of piperazine rings is 1. The molecule has 0 unspecified atom stereocenters. The highest BCUT2D eigenvalue weighted by Gasteiger charge is 2.34. The van der Waals surface area contributed by atoms with Gasteiger partial charge in [-0.05, 0) is 23.6 Å². The molecule has 0 spiro atoms. The zero-order chi connectivity index (χ0) is 22.0. The molecule has 3 aromatic heterocycles. The molecule has 0 radical (unpaired) electrons. The van der Waals surface area contributed by atoms with E-state index in [1.54, 1.807) is 0 Å². The number of rotatable bonds is 5. The van der Waals surface area contributed by atoms with Gasteiger partial charge in [-0.15, -0.1) is 11.3 Å². The van der Waals surface area contributed by atoms with Gasteiger partial charge in [0.15, 0.2) is 0 Å². The Labute approximate surface area is 178 Å². The summed E-state index contributed by atoms with van der Waals surface area (Å²) in [5.74, 6) is 0.600. The summed E-state index contributed by atoms with van der Waals surface area (Å²) in [4.78, 5) is 33.4. The van der Waals surface area contributed by atoms with Crippen LogP contribution in [0.5, 0.6) is 0 Å². The molecule has 8 nitrogen and oxygen atoms in total. The van der Waals surface area contributed by atoms with Crippen LogP contribution in [0.15, 0.2) is 45.2 Å². The van der Waals surface area contributed by atoms with Gasteiger partial charge in [0.2, 0.25) is 17.6 Å². The Hall–Kier alpha value is -2.99. The van der Waals surface area contributed by atoms with E-state index in [1.165, 1.54) is 22.4 Å². The SMILES string of the molecule is O=C(Cn1cccc(C(F)(F)F)c1=O)N1CCN(Cc2nc(-c3cccs3)no2)CC1. The first-order valence-corrected chi connectivity index (χ1v) is 10.3. The standard InChI is InChI=1S/C19H18F3N5O3S/c20-19(21,22)13-3-1-5-27(18(13)29)12-16(28)26-8-6-25(7-9-26)11-15-23-17(24-30-15)14-4-2-10-31-14/h1-5,10H,6-9,11-12H2. The first-order chi connectivity index (χ1) is 14.8. The van der Waals surface area contributed by atoms with E-state index in [4.69, 9.17) is 4.52 Å². The van der Waals surface area contributed by atoms with E-state index in [0.717, 1.165) is 15.5 Å². The van der Waals surface area contributed by atoms with Crippen molar-refractivity contribution < 1.29 is 22.5 Å². The van der Waals surface area contributed by atoms with Gasteiger partial charge in [-0.1, -0.05) is 11.2 Å². The summed E-state index contributed by atoms with van der Waals surface area (Å²) in [5, 5.41) is 5.89. The van der Waals surface area contributed by atoms with Crippen LogP contribution in [-0.2, 0) is 24.1 Å². The maximum atomic E-state index is 12.9. The fourth-order valence-electron chi connectivity index (χ4n) is 3.29. The van der Waals surface area contributed by atoms with Crippen molar-refractivity contribution in [3.05, 3.63) is 57.7 Å². The van der Waals surface area contributed by atoms with Gasteiger partial charge in [0, 0.05) is 32.4 Å². The van der Waals surface area contributed by atoms with Crippen LogP contribution in [0.25, 0.3) is 10.7 Å². The molecule has 0 aromatic carbocycles. The quantitative estimate of drug-likeness (QED) is 0.590. The van der Waals surface area contributed by atoms with Crippen LogP contribution in [0.2, 0.25) is 0 Å². The van der Waals surface area contributed by atoms with Crippen LogP contribution in [-0.4, -0.2) is 56.6 Å². The van der Waals surface area contributed by atoms with E-state index in [-0.39, 0.29) is 0 Å². The second-order valence-corrected chi connectivity index (χ2v) is 7.95. The fourth-order valence-corrected chi connectivity index (χ4v) is 3.94. The number of carbonyl (C=O) groups excluding carboxylic acids is 1. The third kappa shape index (κ3) is 4.85. The second-order valence-electron chi connectivity index (χ2n) is 7.00. The van der Waals surface area contributed by atoms with Gasteiger partial charge in [0.1, 0.15) is 12.1 Å². The predicted molar refractivity (Wildman–Crippen MR) is 105 cm³/mol. The minimum atomic E-state index is -4.76. The molecule has 1 fully saturated rings. The number of carbonyl (C=O) groups is 1. The van der Waals surface area contributed by atoms with Crippen LogP contribution in [0.4, 0.5) is 13.2 Å². The number of nitrogens with zero attached hydrogens (tertiary/aromatic N) is 5. The summed E-state index contributed by atoms with van der Waals surface area (Å²) in [6, 6.07) is 5.63. The number of pyridine rings is 1. The van der Waals surface area contributed by atoms with Crippen LogP contribution >= 0.6 is 11.3 Å². The van der Waals surface area contributed by atoms with Crippen molar-refractivity contribution in [1.82, 2.24) is 24.5 Å². The summed E-state index contributed by atoms with van der Waals surface area (Å²) in [6.07, 6.45) is -3.57. The average molecular weight is 453 g/mol. The van der Waals surface area contributed by atoms with Crippen LogP contribution in [0, 0.1) is 0 Å². The third-order valence-corrected chi connectivity index (χ3v) is 5.79. The third-order valence-electron chi connectivity index (χ3n) is 4.92. The molecule has 31 heavy (non-hydrogen) atoms. The highest BCUT2D eigenvalue weighted by Crippen LogP contribution is 2.26. The maximum Gasteiger partial charge on any atom is 0.421 e. The molecular formula is C19H18F3N5O3S. The Kier molecular flexibility index (Phi) is 5.92. The van der Waals surface area contributed by atoms with E-state index < -0.39 is 29.8 Å². The lowest BCUT2D eigenvalue weighted by Crippen LogP contribution is -2.49. The highest BCUT2D eigenvalue weighted by atomic mass is 32.1. The van der Waals surface area contributed by atoms with Gasteiger partial charge in [0.25, 0.3) is 5.56 Å². The van der Waals surface area contributed by atoms with Crippen molar-refractivity contribution >= 4 is 17.2 Å². The van der Waals surface area contributed by atoms with Crippen molar-refractivity contribution in [3.63, 3.8) is 0 Å². The van der Waals surface area contributed by atoms with E-state index >= 15 is 0 Å². The Morgan fingerprint density at radius 2 is 1.94 bits per heavy atom. The van der Waals surface area contributed by atoms with Gasteiger partial charge in [0.05, 0.1) is 11.4 Å². The molecular weight excluding hydrogens is 435 g/mol. The number of hydrogen-bond donors (Lipinski definition) is 0. The smallest absolute Gasteiger partial charge is 0.339 e. The number of halogens is 3. The first-order valence-electron chi connectivity index (χ1n) is 9.44. The summed E-state index contributed by atoms with van der Waals surface area (Å²) < 4.78 is 44.8. The minimum Gasteiger partial charge on any atom is -0.339 e. The van der Waals surface area contributed by atoms with Crippen molar-refractivity contribution in [2.45, 2.75) is 19.3 Å². The molecule has 0 saturated carbocycles. The van der Waals surface area contributed by atoms with Gasteiger partial charge in [-0.25, -0.2) is 0 Å². The minimum absolute atomic E-state index is 0.387. The Balaban J connectivity index is 1.32. The number of amides is 1. The molecule has 4 rings (SSSR count). The van der Waals surface area contributed by atoms with Crippen molar-refractivity contribution in [3.8, 4) is 10.7 Å². The Bertz CT molecular complexity index is 1100. The van der Waals surface area contributed by atoms with Crippen LogP contribution in [0.3, 0.4) is 0 Å². The predicted octanol–water partition coefficient (Wildman–Crippen LogP) is 2.32. The number of thiophene rings is 1. The lowest BCUT2D eigenvalue weighted by atomic mass is 10.2. The van der Waals surface area contributed by atoms with Crippen molar-refractivity contribution in [2.75, 3.05) is 26.2 Å². The van der Waals surface area contributed by atoms with Gasteiger partial charge < -0.3 is 14.0 Å². The average Bonchev–Trinajstić information content (AvgIpc) is 3.41. The fraction of sp³-hybridized carbons (Fsp3) is 0.368. The number of hydrogen-bond acceptors (Lipinski definition) is 7. The number of aromatic nitrogens is 3. The monoisotopic (exact) mass is 453 g/mol. The summed E-state index contributed by atoms with van der Waals surface area (Å²) in [7, 11) is 0. The van der Waals surface area contributed by atoms with Gasteiger partial charge in [-0.3, -0.25) is 14.5 Å². The lowest BCUT2D eigenvalue weighted by Gasteiger charge is -2.34. The van der Waals surface area contributed by atoms with E-state index in [0.29, 0.717) is 50.5 Å². The molecule has 0 atom stereocenters. The highest BCUT2D eigenvalue weighted by molar-refractivity contribution is 7.13. The van der Waals surface area contributed by atoms with E-state index in [9.17, 15) is 22.8 Å². The zero-order valence-electron chi connectivity index (χ0n) is 16.2. The van der Waals surface area contributed by atoms with Gasteiger partial charge in [-0.2, -0.15) is 18.2 Å². The molecule has 0 N–H and O–H groups in total. The molecule has 1 saturated heterocycles. The zero-order valence-corrected chi connectivity index (χ0v) is 17.0. The molecule has 4 heterocycles. The summed E-state index contributed by atoms with van der Waals surface area (Å²) >= 11 is 1.51. The normalized spacial score (nSPS) is 15.4. The molecule has 12 heteroatoms. The van der Waals surface area contributed by atoms with Crippen molar-refractivity contribution in [2.24, 2.45) is 0 Å². The van der Waals surface area contributed by atoms with E-state index in [2.05, 4.69) is 10.1 Å². The second kappa shape index (κ2) is 8.63. The summed E-state index contributed by atoms with van der Waals surface area (Å²) in [6.45, 7) is 1.86. The Morgan fingerprint density at radius 3 is 2.61 bits per heavy atom. The number of alkyl halides is 3. The molecule has 1 amide bonds. The Morgan fingerprint density at radius 1 is 1.16 bits per heavy atom.